The third kappa shape index (κ3) is 10.6. The lowest BCUT2D eigenvalue weighted by Crippen LogP contribution is -2.12. The molecule has 312 valence electrons. The lowest BCUT2D eigenvalue weighted by molar-refractivity contribution is -0.116. The molecule has 63 heavy (non-hydrogen) atoms. The standard InChI is InChI=1S/C27H24N4OS2.C23H17N3OS2/c28-27(24-8-4-16-33-24)30-19-12-10-18(11-13-19)5-3-9-26(32)29-20-14-15-22-25(17-20)34-23-7-2-1-6-21(23)31-22;24-23(22-6-3-13-28-22)25-15-7-9-16(10-8-15)27-17-11-12-21-19(14-17)26-18-4-1-2-5-20(18)29-21/h1-2,4,6-8,10-17,31H,3,5,9H2,(H2,28,30)(H,29,32);1-14,26H,(H2,24,25). The summed E-state index contributed by atoms with van der Waals surface area (Å²) in [7, 11) is 0. The van der Waals surface area contributed by atoms with Crippen LogP contribution in [0.1, 0.15) is 28.2 Å². The van der Waals surface area contributed by atoms with Crippen LogP contribution in [0.15, 0.2) is 198 Å². The average molecular weight is 900 g/mol. The van der Waals surface area contributed by atoms with Gasteiger partial charge in [0.15, 0.2) is 0 Å². The fraction of sp³-hybridized carbons (Fsp3) is 0.0600. The van der Waals surface area contributed by atoms with Crippen molar-refractivity contribution >= 4 is 104 Å². The van der Waals surface area contributed by atoms with Crippen LogP contribution >= 0.6 is 46.2 Å². The summed E-state index contributed by atoms with van der Waals surface area (Å²) in [6.45, 7) is 0. The van der Waals surface area contributed by atoms with Gasteiger partial charge in [0.1, 0.15) is 23.2 Å². The summed E-state index contributed by atoms with van der Waals surface area (Å²) in [6.07, 6.45) is 2.08. The van der Waals surface area contributed by atoms with Crippen molar-refractivity contribution in [1.29, 1.82) is 0 Å². The third-order valence-electron chi connectivity index (χ3n) is 9.89. The molecular formula is C50H41N7O2S4. The minimum atomic E-state index is 0.0269. The van der Waals surface area contributed by atoms with Crippen molar-refractivity contribution in [2.75, 3.05) is 16.0 Å². The third-order valence-corrected chi connectivity index (χ3v) is 14.0. The van der Waals surface area contributed by atoms with Gasteiger partial charge in [-0.25, -0.2) is 9.98 Å². The number of para-hydroxylation sites is 2. The zero-order valence-corrected chi connectivity index (χ0v) is 37.1. The van der Waals surface area contributed by atoms with E-state index in [0.29, 0.717) is 18.1 Å². The van der Waals surface area contributed by atoms with Gasteiger partial charge in [0, 0.05) is 37.8 Å². The quantitative estimate of drug-likeness (QED) is 0.0639. The number of rotatable bonds is 11. The molecule has 13 heteroatoms. The number of anilines is 5. The van der Waals surface area contributed by atoms with E-state index in [9.17, 15) is 4.79 Å². The number of nitrogens with zero attached hydrogens (tertiary/aromatic N) is 2. The molecule has 0 aliphatic carbocycles. The number of thiophene rings is 2. The van der Waals surface area contributed by atoms with Crippen LogP contribution in [0.3, 0.4) is 0 Å². The van der Waals surface area contributed by atoms with Gasteiger partial charge in [0.25, 0.3) is 0 Å². The molecule has 7 N–H and O–H groups in total. The van der Waals surface area contributed by atoms with Crippen molar-refractivity contribution in [1.82, 2.24) is 0 Å². The van der Waals surface area contributed by atoms with E-state index in [1.165, 1.54) is 20.2 Å². The highest BCUT2D eigenvalue weighted by atomic mass is 32.2. The average Bonchev–Trinajstić information content (AvgIpc) is 4.06. The van der Waals surface area contributed by atoms with Gasteiger partial charge in [0.2, 0.25) is 5.91 Å². The number of fused-ring (bicyclic) bond motifs is 4. The number of aryl methyl sites for hydroxylation is 1. The predicted octanol–water partition coefficient (Wildman–Crippen LogP) is 13.7. The number of nitrogens with one attached hydrogen (secondary N) is 3. The van der Waals surface area contributed by atoms with E-state index in [1.54, 1.807) is 46.2 Å². The van der Waals surface area contributed by atoms with E-state index in [0.717, 1.165) is 78.8 Å². The first-order valence-corrected chi connectivity index (χ1v) is 23.6. The highest BCUT2D eigenvalue weighted by Crippen LogP contribution is 2.46. The van der Waals surface area contributed by atoms with Gasteiger partial charge in [0.05, 0.1) is 43.9 Å². The SMILES string of the molecule is NC(=Nc1ccc(CCCC(=O)Nc2ccc3c(c2)Sc2ccccc2N3)cc1)c1cccs1.NC(=Nc1ccc(Oc2ccc3c(c2)Nc2ccccc2S3)cc1)c1cccs1. The Balaban J connectivity index is 0.000000162. The minimum Gasteiger partial charge on any atom is -0.457 e. The van der Waals surface area contributed by atoms with E-state index in [1.807, 2.05) is 132 Å². The van der Waals surface area contributed by atoms with Crippen molar-refractivity contribution in [2.24, 2.45) is 21.5 Å². The Hall–Kier alpha value is -6.77. The second-order valence-electron chi connectivity index (χ2n) is 14.4. The van der Waals surface area contributed by atoms with Crippen LogP contribution in [0.5, 0.6) is 11.5 Å². The van der Waals surface area contributed by atoms with Gasteiger partial charge in [-0.2, -0.15) is 0 Å². The number of benzene rings is 6. The molecule has 4 heterocycles. The maximum Gasteiger partial charge on any atom is 0.224 e. The van der Waals surface area contributed by atoms with Crippen molar-refractivity contribution in [2.45, 2.75) is 38.8 Å². The summed E-state index contributed by atoms with van der Waals surface area (Å²) in [5.74, 6) is 2.61. The van der Waals surface area contributed by atoms with Gasteiger partial charge < -0.3 is 32.2 Å². The smallest absolute Gasteiger partial charge is 0.224 e. The fourth-order valence-electron chi connectivity index (χ4n) is 6.77. The lowest BCUT2D eigenvalue weighted by Gasteiger charge is -2.21. The molecule has 0 spiro atoms. The second-order valence-corrected chi connectivity index (χ2v) is 18.5. The van der Waals surface area contributed by atoms with Gasteiger partial charge in [-0.15, -0.1) is 22.7 Å². The minimum absolute atomic E-state index is 0.0269. The molecule has 0 bridgehead atoms. The predicted molar refractivity (Wildman–Crippen MR) is 265 cm³/mol. The number of aliphatic imine (C=N–C) groups is 2. The monoisotopic (exact) mass is 899 g/mol. The number of amides is 1. The number of ether oxygens (including phenoxy) is 1. The summed E-state index contributed by atoms with van der Waals surface area (Å²) in [4.78, 5) is 28.1. The lowest BCUT2D eigenvalue weighted by atomic mass is 10.1. The van der Waals surface area contributed by atoms with E-state index in [4.69, 9.17) is 16.2 Å². The summed E-state index contributed by atoms with van der Waals surface area (Å²) < 4.78 is 6.04. The summed E-state index contributed by atoms with van der Waals surface area (Å²) in [6, 6.07) is 52.1. The summed E-state index contributed by atoms with van der Waals surface area (Å²) in [5, 5.41) is 13.9. The first-order chi connectivity index (χ1) is 30.9. The number of nitrogens with two attached hydrogens (primary N) is 2. The molecule has 0 unspecified atom stereocenters. The van der Waals surface area contributed by atoms with E-state index in [2.05, 4.69) is 62.3 Å². The van der Waals surface area contributed by atoms with E-state index < -0.39 is 0 Å². The van der Waals surface area contributed by atoms with Crippen LogP contribution in [0.4, 0.5) is 39.8 Å². The Kier molecular flexibility index (Phi) is 12.9. The molecule has 9 nitrogen and oxygen atoms in total. The second kappa shape index (κ2) is 19.5. The molecule has 2 aliphatic rings. The zero-order chi connectivity index (χ0) is 43.0. The van der Waals surface area contributed by atoms with Crippen LogP contribution in [0, 0.1) is 0 Å². The molecule has 10 rings (SSSR count). The molecular weight excluding hydrogens is 859 g/mol. The summed E-state index contributed by atoms with van der Waals surface area (Å²) in [5.41, 5.74) is 20.1. The number of amidine groups is 2. The van der Waals surface area contributed by atoms with Crippen LogP contribution in [0.25, 0.3) is 0 Å². The first kappa shape index (κ1) is 41.6. The van der Waals surface area contributed by atoms with Gasteiger partial charge >= 0.3 is 0 Å². The summed E-state index contributed by atoms with van der Waals surface area (Å²) >= 11 is 6.62. The molecule has 2 aromatic heterocycles. The molecule has 2 aliphatic heterocycles. The maximum atomic E-state index is 12.5. The van der Waals surface area contributed by atoms with Crippen molar-refractivity contribution in [3.05, 3.63) is 184 Å². The van der Waals surface area contributed by atoms with Crippen LogP contribution < -0.4 is 32.2 Å². The molecule has 0 atom stereocenters. The van der Waals surface area contributed by atoms with Crippen molar-refractivity contribution < 1.29 is 9.53 Å². The molecule has 1 amide bonds. The van der Waals surface area contributed by atoms with Gasteiger partial charge in [-0.05, 0) is 132 Å². The maximum absolute atomic E-state index is 12.5. The Labute approximate surface area is 382 Å². The number of hydrogen-bond acceptors (Lipinski definition) is 10. The topological polar surface area (TPSA) is 139 Å². The van der Waals surface area contributed by atoms with E-state index >= 15 is 0 Å². The van der Waals surface area contributed by atoms with E-state index in [-0.39, 0.29) is 5.91 Å². The van der Waals surface area contributed by atoms with Crippen LogP contribution in [0.2, 0.25) is 0 Å². The zero-order valence-electron chi connectivity index (χ0n) is 33.8. The Morgan fingerprint density at radius 1 is 0.556 bits per heavy atom. The highest BCUT2D eigenvalue weighted by Gasteiger charge is 2.17. The van der Waals surface area contributed by atoms with Gasteiger partial charge in [-0.3, -0.25) is 4.79 Å². The Morgan fingerprint density at radius 2 is 1.11 bits per heavy atom. The normalized spacial score (nSPS) is 12.5. The largest absolute Gasteiger partial charge is 0.457 e. The van der Waals surface area contributed by atoms with Gasteiger partial charge in [-0.1, -0.05) is 72.1 Å². The molecule has 8 aromatic rings. The molecule has 0 radical (unpaired) electrons. The highest BCUT2D eigenvalue weighted by molar-refractivity contribution is 8.00. The first-order valence-electron chi connectivity index (χ1n) is 20.2. The number of carbonyl (C=O) groups is 1. The Bertz CT molecular complexity index is 2920. The number of carbonyl (C=O) groups excluding carboxylic acids is 1. The molecule has 0 fully saturated rings. The molecule has 0 saturated heterocycles. The van der Waals surface area contributed by atoms with Crippen molar-refractivity contribution in [3.8, 4) is 11.5 Å². The molecule has 6 aromatic carbocycles. The molecule has 0 saturated carbocycles. The van der Waals surface area contributed by atoms with Crippen molar-refractivity contribution in [3.63, 3.8) is 0 Å². The fourth-order valence-corrected chi connectivity index (χ4v) is 10.0. The Morgan fingerprint density at radius 3 is 1.75 bits per heavy atom. The van der Waals surface area contributed by atoms with Crippen LogP contribution in [-0.2, 0) is 11.2 Å². The van der Waals surface area contributed by atoms with Crippen LogP contribution in [-0.4, -0.2) is 17.6 Å². The number of hydrogen-bond donors (Lipinski definition) is 5.